The second-order valence-corrected chi connectivity index (χ2v) is 7.90. The van der Waals surface area contributed by atoms with Gasteiger partial charge in [-0.2, -0.15) is 13.5 Å². The number of nitrogens with zero attached hydrogens (tertiary/aromatic N) is 1. The highest BCUT2D eigenvalue weighted by atomic mass is 32.1. The van der Waals surface area contributed by atoms with Crippen LogP contribution < -0.4 is 4.74 Å². The quantitative estimate of drug-likeness (QED) is 0.676. The lowest BCUT2D eigenvalue weighted by Crippen LogP contribution is -2.41. The molecule has 7 heteroatoms. The molecule has 4 rings (SSSR count). The molecule has 166 valence electrons. The average molecular weight is 444 g/mol. The molecule has 31 heavy (non-hydrogen) atoms. The Morgan fingerprint density at radius 1 is 1.06 bits per heavy atom. The molecule has 0 aliphatic carbocycles. The summed E-state index contributed by atoms with van der Waals surface area (Å²) in [5, 5.41) is 0. The van der Waals surface area contributed by atoms with Gasteiger partial charge in [0.15, 0.2) is 0 Å². The zero-order chi connectivity index (χ0) is 21.1. The van der Waals surface area contributed by atoms with Crippen molar-refractivity contribution in [1.29, 1.82) is 0 Å². The molecule has 0 aromatic heterocycles. The molecule has 1 atom stereocenters. The van der Waals surface area contributed by atoms with Gasteiger partial charge in [0.05, 0.1) is 25.3 Å². The number of aryl methyl sites for hydroxylation is 1. The van der Waals surface area contributed by atoms with Crippen LogP contribution in [0.25, 0.3) is 0 Å². The van der Waals surface area contributed by atoms with E-state index in [-0.39, 0.29) is 31.4 Å². The van der Waals surface area contributed by atoms with E-state index in [1.165, 1.54) is 12.7 Å². The molecule has 0 unspecified atom stereocenters. The van der Waals surface area contributed by atoms with Crippen LogP contribution in [0.3, 0.4) is 0 Å². The fourth-order valence-electron chi connectivity index (χ4n) is 4.09. The number of fused-ring (bicyclic) bond motifs is 1. The summed E-state index contributed by atoms with van der Waals surface area (Å²) in [5.74, 6) is 0.313. The van der Waals surface area contributed by atoms with Gasteiger partial charge in [-0.15, -0.1) is 0 Å². The number of hydrogen-bond donors (Lipinski definition) is 0. The Bertz CT molecular complexity index is 924. The maximum atomic E-state index is 13.5. The van der Waals surface area contributed by atoms with Crippen LogP contribution in [-0.2, 0) is 20.8 Å². The lowest BCUT2D eigenvalue weighted by atomic mass is 9.95. The van der Waals surface area contributed by atoms with E-state index in [9.17, 15) is 9.59 Å². The van der Waals surface area contributed by atoms with E-state index in [0.29, 0.717) is 37.7 Å². The summed E-state index contributed by atoms with van der Waals surface area (Å²) in [6.45, 7) is 4.05. The first-order valence-electron chi connectivity index (χ1n) is 10.4. The van der Waals surface area contributed by atoms with E-state index in [0.717, 1.165) is 24.0 Å². The van der Waals surface area contributed by atoms with Crippen molar-refractivity contribution in [1.82, 2.24) is 4.90 Å². The number of benzene rings is 2. The number of esters is 1. The van der Waals surface area contributed by atoms with Gasteiger partial charge in [0.25, 0.3) is 0 Å². The smallest absolute Gasteiger partial charge is 0.337 e. The number of methoxy groups -OCH3 is 1. The summed E-state index contributed by atoms with van der Waals surface area (Å²) in [6.07, 6.45) is 1.48. The molecule has 2 heterocycles. The van der Waals surface area contributed by atoms with Gasteiger partial charge in [-0.05, 0) is 37.5 Å². The molecular formula is C24H29NO5S. The molecule has 0 spiro atoms. The van der Waals surface area contributed by atoms with Crippen molar-refractivity contribution in [2.75, 3.05) is 26.9 Å². The minimum Gasteiger partial charge on any atom is -0.491 e. The Morgan fingerprint density at radius 3 is 2.45 bits per heavy atom. The topological polar surface area (TPSA) is 65.1 Å². The Balaban J connectivity index is 0.00000272. The highest BCUT2D eigenvalue weighted by Crippen LogP contribution is 2.34. The van der Waals surface area contributed by atoms with E-state index in [1.807, 2.05) is 17.9 Å². The normalized spacial score (nSPS) is 18.8. The van der Waals surface area contributed by atoms with Crippen molar-refractivity contribution in [3.8, 4) is 5.75 Å². The molecular weight excluding hydrogens is 414 g/mol. The zero-order valence-electron chi connectivity index (χ0n) is 17.9. The molecule has 0 saturated carbocycles. The SMILES string of the molecule is COC(=O)c1ccc2c(c1)OC[C@H](c1ccc(C)cc1)N(C(=O)C1CCOCC1)C2.S. The van der Waals surface area contributed by atoms with Crippen molar-refractivity contribution < 1.29 is 23.8 Å². The van der Waals surface area contributed by atoms with E-state index in [2.05, 4.69) is 24.3 Å². The second kappa shape index (κ2) is 10.2. The fraction of sp³-hybridized carbons (Fsp3) is 0.417. The van der Waals surface area contributed by atoms with Gasteiger partial charge in [0, 0.05) is 24.7 Å². The molecule has 6 nitrogen and oxygen atoms in total. The molecule has 1 amide bonds. The highest BCUT2D eigenvalue weighted by Gasteiger charge is 2.34. The maximum absolute atomic E-state index is 13.5. The van der Waals surface area contributed by atoms with Crippen molar-refractivity contribution in [3.63, 3.8) is 0 Å². The molecule has 0 N–H and O–H groups in total. The largest absolute Gasteiger partial charge is 0.491 e. The van der Waals surface area contributed by atoms with Gasteiger partial charge < -0.3 is 19.1 Å². The molecule has 2 aromatic carbocycles. The van der Waals surface area contributed by atoms with Crippen LogP contribution in [-0.4, -0.2) is 43.7 Å². The average Bonchev–Trinajstić information content (AvgIpc) is 2.98. The van der Waals surface area contributed by atoms with E-state index >= 15 is 0 Å². The molecule has 1 saturated heterocycles. The lowest BCUT2D eigenvalue weighted by molar-refractivity contribution is -0.142. The molecule has 1 fully saturated rings. The Hall–Kier alpha value is -2.51. The van der Waals surface area contributed by atoms with Gasteiger partial charge in [-0.25, -0.2) is 4.79 Å². The minimum absolute atomic E-state index is 0. The first kappa shape index (κ1) is 23.2. The molecule has 2 aliphatic rings. The van der Waals surface area contributed by atoms with Gasteiger partial charge in [-0.1, -0.05) is 35.9 Å². The van der Waals surface area contributed by atoms with E-state index in [4.69, 9.17) is 14.2 Å². The summed E-state index contributed by atoms with van der Waals surface area (Å²) >= 11 is 0. The Morgan fingerprint density at radius 2 is 1.77 bits per heavy atom. The summed E-state index contributed by atoms with van der Waals surface area (Å²) in [5.41, 5.74) is 3.54. The Labute approximate surface area is 189 Å². The standard InChI is InChI=1S/C24H27NO5.H2S/c1-16-3-5-17(6-4-16)21-15-30-22-13-19(24(27)28-2)7-8-20(22)14-25(21)23(26)18-9-11-29-12-10-18;/h3-8,13,18,21H,9-12,14-15H2,1-2H3;1H2/t21-;/m1./s1. The number of carbonyl (C=O) groups excluding carboxylic acids is 2. The summed E-state index contributed by atoms with van der Waals surface area (Å²) in [4.78, 5) is 27.4. The molecule has 0 radical (unpaired) electrons. The molecule has 0 bridgehead atoms. The third-order valence-corrected chi connectivity index (χ3v) is 5.92. The van der Waals surface area contributed by atoms with Crippen molar-refractivity contribution in [2.45, 2.75) is 32.4 Å². The number of carbonyl (C=O) groups is 2. The molecule has 2 aromatic rings. The second-order valence-electron chi connectivity index (χ2n) is 7.90. The number of ether oxygens (including phenoxy) is 3. The van der Waals surface area contributed by atoms with Crippen LogP contribution in [0.1, 0.15) is 45.9 Å². The van der Waals surface area contributed by atoms with Crippen LogP contribution in [0.2, 0.25) is 0 Å². The van der Waals surface area contributed by atoms with Gasteiger partial charge in [-0.3, -0.25) is 4.79 Å². The highest BCUT2D eigenvalue weighted by molar-refractivity contribution is 7.59. The van der Waals surface area contributed by atoms with Crippen molar-refractivity contribution in [3.05, 3.63) is 64.7 Å². The monoisotopic (exact) mass is 443 g/mol. The van der Waals surface area contributed by atoms with Gasteiger partial charge >= 0.3 is 5.97 Å². The van der Waals surface area contributed by atoms with Crippen LogP contribution >= 0.6 is 13.5 Å². The van der Waals surface area contributed by atoms with Crippen molar-refractivity contribution >= 4 is 25.4 Å². The summed E-state index contributed by atoms with van der Waals surface area (Å²) in [7, 11) is 1.36. The summed E-state index contributed by atoms with van der Waals surface area (Å²) < 4.78 is 16.4. The van der Waals surface area contributed by atoms with Crippen LogP contribution in [0.15, 0.2) is 42.5 Å². The first-order valence-corrected chi connectivity index (χ1v) is 10.4. The Kier molecular flexibility index (Phi) is 7.62. The fourth-order valence-corrected chi connectivity index (χ4v) is 4.09. The third-order valence-electron chi connectivity index (χ3n) is 5.92. The minimum atomic E-state index is -0.407. The number of hydrogen-bond acceptors (Lipinski definition) is 5. The first-order chi connectivity index (χ1) is 14.6. The van der Waals surface area contributed by atoms with Crippen molar-refractivity contribution in [2.24, 2.45) is 5.92 Å². The summed E-state index contributed by atoms with van der Waals surface area (Å²) in [6, 6.07) is 13.3. The predicted octanol–water partition coefficient (Wildman–Crippen LogP) is 3.78. The predicted molar refractivity (Wildman–Crippen MR) is 122 cm³/mol. The van der Waals surface area contributed by atoms with E-state index < -0.39 is 5.97 Å². The molecule has 2 aliphatic heterocycles. The van der Waals surface area contributed by atoms with Gasteiger partial charge in [0.1, 0.15) is 12.4 Å². The van der Waals surface area contributed by atoms with E-state index in [1.54, 1.807) is 12.1 Å². The van der Waals surface area contributed by atoms with Crippen LogP contribution in [0.5, 0.6) is 5.75 Å². The number of rotatable bonds is 3. The van der Waals surface area contributed by atoms with Gasteiger partial charge in [0.2, 0.25) is 5.91 Å². The lowest BCUT2D eigenvalue weighted by Gasteiger charge is -2.34. The van der Waals surface area contributed by atoms with Crippen LogP contribution in [0.4, 0.5) is 0 Å². The zero-order valence-corrected chi connectivity index (χ0v) is 18.9. The number of amides is 1. The third kappa shape index (κ3) is 5.05. The maximum Gasteiger partial charge on any atom is 0.337 e. The van der Waals surface area contributed by atoms with Crippen LogP contribution in [0, 0.1) is 12.8 Å².